The van der Waals surface area contributed by atoms with Crippen molar-refractivity contribution in [1.29, 1.82) is 0 Å². The van der Waals surface area contributed by atoms with E-state index in [0.717, 1.165) is 13.0 Å². The number of para-hydroxylation sites is 1. The molecule has 0 fully saturated rings. The lowest BCUT2D eigenvalue weighted by atomic mass is 10.2. The van der Waals surface area contributed by atoms with Crippen molar-refractivity contribution < 1.29 is 9.53 Å². The Kier molecular flexibility index (Phi) is 6.38. The molecule has 0 spiro atoms. The average molecular weight is 349 g/mol. The van der Waals surface area contributed by atoms with Gasteiger partial charge in [0, 0.05) is 12.1 Å². The van der Waals surface area contributed by atoms with Gasteiger partial charge in [0.05, 0.1) is 10.7 Å². The summed E-state index contributed by atoms with van der Waals surface area (Å²) >= 11 is 11.1. The molecule has 0 aliphatic carbocycles. The molecule has 2 rings (SSSR count). The third-order valence-electron chi connectivity index (χ3n) is 2.95. The van der Waals surface area contributed by atoms with Crippen LogP contribution in [0.2, 0.25) is 5.02 Å². The molecule has 6 heteroatoms. The maximum absolute atomic E-state index is 12.3. The van der Waals surface area contributed by atoms with Crippen molar-refractivity contribution >= 4 is 40.6 Å². The van der Waals surface area contributed by atoms with E-state index in [1.54, 1.807) is 48.5 Å². The summed E-state index contributed by atoms with van der Waals surface area (Å²) < 4.78 is 5.50. The summed E-state index contributed by atoms with van der Waals surface area (Å²) in [5.41, 5.74) is 1.02. The summed E-state index contributed by atoms with van der Waals surface area (Å²) in [5.74, 6) is 0.237. The van der Waals surface area contributed by atoms with Gasteiger partial charge < -0.3 is 15.4 Å². The lowest BCUT2D eigenvalue weighted by Gasteiger charge is -2.10. The first-order valence-corrected chi connectivity index (χ1v) is 8.00. The molecule has 0 bridgehead atoms. The average Bonchev–Trinajstić information content (AvgIpc) is 2.55. The standard InChI is InChI=1S/C17H17ClN2O2S/c1-2-10-19-17(23)22-13-7-5-6-12(11-13)16(21)20-15-9-4-3-8-14(15)18/h3-9,11H,2,10H2,1H3,(H,19,23)(H,20,21). The molecule has 0 heterocycles. The Labute approximate surface area is 145 Å². The molecule has 2 N–H and O–H groups in total. The number of halogens is 1. The molecule has 0 aliphatic rings. The van der Waals surface area contributed by atoms with E-state index in [2.05, 4.69) is 10.6 Å². The molecule has 2 aromatic carbocycles. The number of thiocarbonyl (C=S) groups is 1. The van der Waals surface area contributed by atoms with Crippen molar-refractivity contribution in [3.8, 4) is 5.75 Å². The first kappa shape index (κ1) is 17.2. The Morgan fingerprint density at radius 1 is 1.22 bits per heavy atom. The van der Waals surface area contributed by atoms with Crippen LogP contribution in [0.5, 0.6) is 5.75 Å². The van der Waals surface area contributed by atoms with Crippen LogP contribution in [0, 0.1) is 0 Å². The van der Waals surface area contributed by atoms with Crippen LogP contribution in [0.15, 0.2) is 48.5 Å². The zero-order valence-electron chi connectivity index (χ0n) is 12.6. The summed E-state index contributed by atoms with van der Waals surface area (Å²) in [6.45, 7) is 2.78. The number of hydrogen-bond donors (Lipinski definition) is 2. The van der Waals surface area contributed by atoms with Crippen LogP contribution in [0.3, 0.4) is 0 Å². The van der Waals surface area contributed by atoms with E-state index in [0.29, 0.717) is 22.0 Å². The van der Waals surface area contributed by atoms with Crippen molar-refractivity contribution in [2.24, 2.45) is 0 Å². The van der Waals surface area contributed by atoms with Crippen LogP contribution in [0.1, 0.15) is 23.7 Å². The van der Waals surface area contributed by atoms with Gasteiger partial charge in [-0.25, -0.2) is 0 Å². The van der Waals surface area contributed by atoms with Crippen molar-refractivity contribution in [2.45, 2.75) is 13.3 Å². The summed E-state index contributed by atoms with van der Waals surface area (Å²) in [6, 6.07) is 13.9. The SMILES string of the molecule is CCCNC(=S)Oc1cccc(C(=O)Nc2ccccc2Cl)c1. The Hall–Kier alpha value is -2.11. The number of carbonyl (C=O) groups is 1. The molecular formula is C17H17ClN2O2S. The summed E-state index contributed by atoms with van der Waals surface area (Å²) in [4.78, 5) is 12.3. The van der Waals surface area contributed by atoms with Crippen molar-refractivity contribution in [3.63, 3.8) is 0 Å². The number of carbonyl (C=O) groups excluding carboxylic acids is 1. The molecule has 23 heavy (non-hydrogen) atoms. The first-order valence-electron chi connectivity index (χ1n) is 7.21. The topological polar surface area (TPSA) is 50.4 Å². The molecule has 1 amide bonds. The Balaban J connectivity index is 2.05. The number of rotatable bonds is 5. The van der Waals surface area contributed by atoms with Gasteiger partial charge in [-0.1, -0.05) is 36.7 Å². The highest BCUT2D eigenvalue weighted by atomic mass is 35.5. The van der Waals surface area contributed by atoms with E-state index < -0.39 is 0 Å². The summed E-state index contributed by atoms with van der Waals surface area (Å²) in [5, 5.41) is 6.51. The van der Waals surface area contributed by atoms with Crippen LogP contribution < -0.4 is 15.4 Å². The molecule has 0 saturated carbocycles. The van der Waals surface area contributed by atoms with Gasteiger partial charge in [0.2, 0.25) is 0 Å². The van der Waals surface area contributed by atoms with Gasteiger partial charge in [-0.15, -0.1) is 0 Å². The Bertz CT molecular complexity index is 706. The highest BCUT2D eigenvalue weighted by Crippen LogP contribution is 2.22. The zero-order chi connectivity index (χ0) is 16.7. The fourth-order valence-corrected chi connectivity index (χ4v) is 2.21. The van der Waals surface area contributed by atoms with Gasteiger partial charge in [-0.3, -0.25) is 4.79 Å². The van der Waals surface area contributed by atoms with E-state index in [1.807, 2.05) is 6.92 Å². The maximum Gasteiger partial charge on any atom is 0.262 e. The zero-order valence-corrected chi connectivity index (χ0v) is 14.2. The second-order valence-electron chi connectivity index (χ2n) is 4.78. The molecule has 0 atom stereocenters. The lowest BCUT2D eigenvalue weighted by Crippen LogP contribution is -2.27. The number of nitrogens with one attached hydrogen (secondary N) is 2. The molecule has 0 radical (unpaired) electrons. The van der Waals surface area contributed by atoms with E-state index in [4.69, 9.17) is 28.6 Å². The number of amides is 1. The van der Waals surface area contributed by atoms with Crippen molar-refractivity contribution in [1.82, 2.24) is 5.32 Å². The molecule has 4 nitrogen and oxygen atoms in total. The largest absolute Gasteiger partial charge is 0.432 e. The first-order chi connectivity index (χ1) is 11.1. The van der Waals surface area contributed by atoms with Crippen LogP contribution in [-0.4, -0.2) is 17.6 Å². The van der Waals surface area contributed by atoms with Crippen molar-refractivity contribution in [2.75, 3.05) is 11.9 Å². The number of benzene rings is 2. The molecule has 0 unspecified atom stereocenters. The van der Waals surface area contributed by atoms with Crippen molar-refractivity contribution in [3.05, 3.63) is 59.1 Å². The fraction of sp³-hybridized carbons (Fsp3) is 0.176. The normalized spacial score (nSPS) is 10.0. The third kappa shape index (κ3) is 5.23. The predicted molar refractivity (Wildman–Crippen MR) is 97.4 cm³/mol. The molecule has 120 valence electrons. The number of hydrogen-bond acceptors (Lipinski definition) is 3. The lowest BCUT2D eigenvalue weighted by molar-refractivity contribution is 0.102. The third-order valence-corrected chi connectivity index (χ3v) is 3.51. The summed E-state index contributed by atoms with van der Waals surface area (Å²) in [7, 11) is 0. The van der Waals surface area contributed by atoms with Gasteiger partial charge in [0.25, 0.3) is 11.1 Å². The number of ether oxygens (including phenoxy) is 1. The maximum atomic E-state index is 12.3. The van der Waals surface area contributed by atoms with Crippen LogP contribution in [0.25, 0.3) is 0 Å². The summed E-state index contributed by atoms with van der Waals surface area (Å²) in [6.07, 6.45) is 0.948. The highest BCUT2D eigenvalue weighted by Gasteiger charge is 2.10. The molecule has 0 aliphatic heterocycles. The second kappa shape index (κ2) is 8.50. The van der Waals surface area contributed by atoms with Gasteiger partial charge >= 0.3 is 0 Å². The predicted octanol–water partition coefficient (Wildman–Crippen LogP) is 4.26. The van der Waals surface area contributed by atoms with Gasteiger partial charge in [0.1, 0.15) is 5.75 Å². The smallest absolute Gasteiger partial charge is 0.262 e. The van der Waals surface area contributed by atoms with Gasteiger partial charge in [0.15, 0.2) is 0 Å². The minimum absolute atomic E-state index is 0.268. The van der Waals surface area contributed by atoms with E-state index in [9.17, 15) is 4.79 Å². The van der Waals surface area contributed by atoms with E-state index >= 15 is 0 Å². The van der Waals surface area contributed by atoms with Crippen LogP contribution in [-0.2, 0) is 0 Å². The second-order valence-corrected chi connectivity index (χ2v) is 5.56. The van der Waals surface area contributed by atoms with Gasteiger partial charge in [-0.05, 0) is 49.0 Å². The van der Waals surface area contributed by atoms with Gasteiger partial charge in [-0.2, -0.15) is 0 Å². The molecule has 2 aromatic rings. The Morgan fingerprint density at radius 2 is 2.00 bits per heavy atom. The molecule has 0 saturated heterocycles. The van der Waals surface area contributed by atoms with Crippen LogP contribution >= 0.6 is 23.8 Å². The quantitative estimate of drug-likeness (QED) is 0.793. The minimum Gasteiger partial charge on any atom is -0.432 e. The minimum atomic E-state index is -0.268. The number of anilines is 1. The van der Waals surface area contributed by atoms with Crippen LogP contribution in [0.4, 0.5) is 5.69 Å². The molecule has 0 aromatic heterocycles. The van der Waals surface area contributed by atoms with E-state index in [-0.39, 0.29) is 11.1 Å². The monoisotopic (exact) mass is 348 g/mol. The molecular weight excluding hydrogens is 332 g/mol. The van der Waals surface area contributed by atoms with E-state index in [1.165, 1.54) is 0 Å². The fourth-order valence-electron chi connectivity index (χ4n) is 1.83. The highest BCUT2D eigenvalue weighted by molar-refractivity contribution is 7.80. The Morgan fingerprint density at radius 3 is 2.74 bits per heavy atom.